The molecule has 0 aliphatic heterocycles. The van der Waals surface area contributed by atoms with Crippen molar-refractivity contribution in [3.8, 4) is 5.75 Å². The van der Waals surface area contributed by atoms with Crippen molar-refractivity contribution in [1.82, 2.24) is 0 Å². The van der Waals surface area contributed by atoms with Crippen LogP contribution in [0.4, 0.5) is 0 Å². The zero-order valence-electron chi connectivity index (χ0n) is 11.8. The van der Waals surface area contributed by atoms with Crippen LogP contribution in [0.3, 0.4) is 0 Å². The zero-order valence-corrected chi connectivity index (χ0v) is 11.8. The smallest absolute Gasteiger partial charge is 0.337 e. The Morgan fingerprint density at radius 2 is 1.85 bits per heavy atom. The lowest BCUT2D eigenvalue weighted by Gasteiger charge is -2.19. The lowest BCUT2D eigenvalue weighted by molar-refractivity contribution is -0.147. The van der Waals surface area contributed by atoms with Crippen LogP contribution in [-0.2, 0) is 19.1 Å². The van der Waals surface area contributed by atoms with E-state index in [4.69, 9.17) is 14.2 Å². The molecule has 0 spiro atoms. The first-order valence-electron chi connectivity index (χ1n) is 6.16. The summed E-state index contributed by atoms with van der Waals surface area (Å²) >= 11 is 0. The largest absolute Gasteiger partial charge is 0.497 e. The number of carbonyl (C=O) groups excluding carboxylic acids is 2. The van der Waals surface area contributed by atoms with Crippen LogP contribution in [0.5, 0.6) is 5.75 Å². The van der Waals surface area contributed by atoms with E-state index in [-0.39, 0.29) is 12.2 Å². The van der Waals surface area contributed by atoms with Crippen molar-refractivity contribution < 1.29 is 23.8 Å². The summed E-state index contributed by atoms with van der Waals surface area (Å²) in [6.45, 7) is 6.86. The van der Waals surface area contributed by atoms with E-state index in [0.29, 0.717) is 11.3 Å². The van der Waals surface area contributed by atoms with Crippen molar-refractivity contribution in [2.45, 2.75) is 20.0 Å². The Kier molecular flexibility index (Phi) is 5.77. The van der Waals surface area contributed by atoms with Gasteiger partial charge in [-0.05, 0) is 24.6 Å². The molecule has 1 aromatic carbocycles. The first-order valence-corrected chi connectivity index (χ1v) is 6.16. The topological polar surface area (TPSA) is 61.8 Å². The van der Waals surface area contributed by atoms with Crippen molar-refractivity contribution in [1.29, 1.82) is 0 Å². The van der Waals surface area contributed by atoms with Crippen LogP contribution >= 0.6 is 0 Å². The Hall–Kier alpha value is -2.30. The van der Waals surface area contributed by atoms with Gasteiger partial charge in [-0.1, -0.05) is 18.7 Å². The second-order valence-corrected chi connectivity index (χ2v) is 4.01. The fourth-order valence-electron chi connectivity index (χ4n) is 1.62. The van der Waals surface area contributed by atoms with E-state index in [1.165, 1.54) is 6.92 Å². The molecular formula is C15H18O5. The molecule has 0 bridgehead atoms. The van der Waals surface area contributed by atoms with E-state index >= 15 is 0 Å². The molecule has 5 nitrogen and oxygen atoms in total. The summed E-state index contributed by atoms with van der Waals surface area (Å²) in [7, 11) is 1.55. The van der Waals surface area contributed by atoms with Gasteiger partial charge in [-0.15, -0.1) is 0 Å². The quantitative estimate of drug-likeness (QED) is 0.590. The number of hydrogen-bond donors (Lipinski definition) is 0. The van der Waals surface area contributed by atoms with Gasteiger partial charge in [0.2, 0.25) is 0 Å². The molecule has 5 heteroatoms. The Labute approximate surface area is 118 Å². The van der Waals surface area contributed by atoms with Gasteiger partial charge in [0.25, 0.3) is 0 Å². The van der Waals surface area contributed by atoms with Gasteiger partial charge in [-0.25, -0.2) is 4.79 Å². The predicted molar refractivity (Wildman–Crippen MR) is 73.3 cm³/mol. The molecule has 0 N–H and O–H groups in total. The fraction of sp³-hybridized carbons (Fsp3) is 0.333. The first-order chi connectivity index (χ1) is 9.49. The van der Waals surface area contributed by atoms with Gasteiger partial charge in [0, 0.05) is 6.92 Å². The molecule has 0 fully saturated rings. The van der Waals surface area contributed by atoms with Gasteiger partial charge < -0.3 is 14.2 Å². The average molecular weight is 278 g/mol. The van der Waals surface area contributed by atoms with E-state index < -0.39 is 18.0 Å². The van der Waals surface area contributed by atoms with Crippen LogP contribution in [0.1, 0.15) is 25.5 Å². The Morgan fingerprint density at radius 1 is 1.25 bits per heavy atom. The highest BCUT2D eigenvalue weighted by molar-refractivity contribution is 5.89. The summed E-state index contributed by atoms with van der Waals surface area (Å²) in [4.78, 5) is 22.9. The minimum atomic E-state index is -0.863. The molecule has 20 heavy (non-hydrogen) atoms. The number of esters is 2. The lowest BCUT2D eigenvalue weighted by Crippen LogP contribution is -2.18. The van der Waals surface area contributed by atoms with Gasteiger partial charge in [0.1, 0.15) is 5.75 Å². The number of ether oxygens (including phenoxy) is 3. The number of hydrogen-bond acceptors (Lipinski definition) is 5. The average Bonchev–Trinajstić information content (AvgIpc) is 2.44. The predicted octanol–water partition coefficient (Wildman–Crippen LogP) is 2.42. The minimum absolute atomic E-state index is 0.0761. The highest BCUT2D eigenvalue weighted by Crippen LogP contribution is 2.27. The van der Waals surface area contributed by atoms with Crippen molar-refractivity contribution in [3.05, 3.63) is 42.0 Å². The zero-order chi connectivity index (χ0) is 15.1. The monoisotopic (exact) mass is 278 g/mol. The fourth-order valence-corrected chi connectivity index (χ4v) is 1.62. The van der Waals surface area contributed by atoms with Crippen LogP contribution in [0.25, 0.3) is 0 Å². The Bertz CT molecular complexity index is 489. The summed E-state index contributed by atoms with van der Waals surface area (Å²) < 4.78 is 15.1. The third-order valence-electron chi connectivity index (χ3n) is 2.56. The second-order valence-electron chi connectivity index (χ2n) is 4.01. The summed E-state index contributed by atoms with van der Waals surface area (Å²) in [6.07, 6.45) is -0.863. The first kappa shape index (κ1) is 15.8. The highest BCUT2D eigenvalue weighted by atomic mass is 16.6. The molecule has 0 amide bonds. The standard InChI is InChI=1S/C15H18O5/c1-5-19-15(17)10(2)14(20-11(3)16)12-6-8-13(18-4)9-7-12/h6-9,14H,2,5H2,1,3-4H3. The molecule has 1 rings (SSSR count). The molecule has 108 valence electrons. The van der Waals surface area contributed by atoms with Gasteiger partial charge in [-0.3, -0.25) is 4.79 Å². The van der Waals surface area contributed by atoms with E-state index in [1.54, 1.807) is 38.3 Å². The van der Waals surface area contributed by atoms with Crippen LogP contribution < -0.4 is 4.74 Å². The minimum Gasteiger partial charge on any atom is -0.497 e. The number of methoxy groups -OCH3 is 1. The van der Waals surface area contributed by atoms with E-state index in [9.17, 15) is 9.59 Å². The number of rotatable bonds is 6. The molecule has 1 unspecified atom stereocenters. The molecule has 1 aromatic rings. The summed E-state index contributed by atoms with van der Waals surface area (Å²) in [5.74, 6) is -0.428. The Balaban J connectivity index is 3.01. The summed E-state index contributed by atoms with van der Waals surface area (Å²) in [6, 6.07) is 6.84. The third kappa shape index (κ3) is 4.12. The maximum absolute atomic E-state index is 11.7. The molecule has 0 aromatic heterocycles. The van der Waals surface area contributed by atoms with Crippen LogP contribution in [-0.4, -0.2) is 25.7 Å². The maximum atomic E-state index is 11.7. The highest BCUT2D eigenvalue weighted by Gasteiger charge is 2.24. The van der Waals surface area contributed by atoms with Crippen molar-refractivity contribution in [3.63, 3.8) is 0 Å². The number of carbonyl (C=O) groups is 2. The Morgan fingerprint density at radius 3 is 2.30 bits per heavy atom. The maximum Gasteiger partial charge on any atom is 0.337 e. The summed E-state index contributed by atoms with van der Waals surface area (Å²) in [5.41, 5.74) is 0.700. The molecule has 0 heterocycles. The van der Waals surface area contributed by atoms with Crippen LogP contribution in [0.15, 0.2) is 36.4 Å². The van der Waals surface area contributed by atoms with Crippen LogP contribution in [0.2, 0.25) is 0 Å². The second kappa shape index (κ2) is 7.33. The van der Waals surface area contributed by atoms with Gasteiger partial charge in [0.05, 0.1) is 19.3 Å². The van der Waals surface area contributed by atoms with Crippen molar-refractivity contribution >= 4 is 11.9 Å². The molecule has 0 saturated heterocycles. The van der Waals surface area contributed by atoms with Gasteiger partial charge in [0.15, 0.2) is 6.10 Å². The normalized spacial score (nSPS) is 11.3. The van der Waals surface area contributed by atoms with Gasteiger partial charge in [-0.2, -0.15) is 0 Å². The van der Waals surface area contributed by atoms with E-state index in [2.05, 4.69) is 6.58 Å². The lowest BCUT2D eigenvalue weighted by atomic mass is 10.0. The number of benzene rings is 1. The molecule has 1 atom stereocenters. The van der Waals surface area contributed by atoms with E-state index in [0.717, 1.165) is 0 Å². The molecule has 0 radical (unpaired) electrons. The van der Waals surface area contributed by atoms with E-state index in [1.807, 2.05) is 0 Å². The molecule has 0 aliphatic carbocycles. The summed E-state index contributed by atoms with van der Waals surface area (Å²) in [5, 5.41) is 0. The van der Waals surface area contributed by atoms with Crippen molar-refractivity contribution in [2.75, 3.05) is 13.7 Å². The van der Waals surface area contributed by atoms with Crippen LogP contribution in [0, 0.1) is 0 Å². The third-order valence-corrected chi connectivity index (χ3v) is 2.56. The molecule has 0 aliphatic rings. The molecule has 0 saturated carbocycles. The van der Waals surface area contributed by atoms with Gasteiger partial charge >= 0.3 is 11.9 Å². The SMILES string of the molecule is C=C(C(=O)OCC)C(OC(C)=O)c1ccc(OC)cc1. The molecular weight excluding hydrogens is 260 g/mol. The van der Waals surface area contributed by atoms with Crippen molar-refractivity contribution in [2.24, 2.45) is 0 Å².